The monoisotopic (exact) mass is 196 g/mol. The molecule has 0 saturated carbocycles. The van der Waals surface area contributed by atoms with Crippen molar-refractivity contribution in [2.75, 3.05) is 26.7 Å². The molecular weight excluding hydrogens is 176 g/mol. The minimum absolute atomic E-state index is 0.143. The van der Waals surface area contributed by atoms with E-state index in [0.717, 1.165) is 32.4 Å². The number of carbonyl (C=O) groups excluding carboxylic acids is 1. The third-order valence-corrected chi connectivity index (χ3v) is 2.10. The van der Waals surface area contributed by atoms with Gasteiger partial charge in [-0.25, -0.2) is 0 Å². The molecule has 14 heavy (non-hydrogen) atoms. The van der Waals surface area contributed by atoms with Crippen LogP contribution in [0, 0.1) is 12.3 Å². The highest BCUT2D eigenvalue weighted by atomic mass is 16.2. The minimum Gasteiger partial charge on any atom is -0.345 e. The van der Waals surface area contributed by atoms with Crippen LogP contribution in [0.15, 0.2) is 0 Å². The molecule has 0 aliphatic heterocycles. The van der Waals surface area contributed by atoms with Crippen molar-refractivity contribution in [2.45, 2.75) is 26.2 Å². The molecule has 3 nitrogen and oxygen atoms in total. The quantitative estimate of drug-likeness (QED) is 0.484. The highest BCUT2D eigenvalue weighted by Crippen LogP contribution is 1.91. The second kappa shape index (κ2) is 8.58. The maximum atomic E-state index is 11.3. The summed E-state index contributed by atoms with van der Waals surface area (Å²) < 4.78 is 0. The normalized spacial score (nSPS) is 9.50. The smallest absolute Gasteiger partial charge is 0.236 e. The zero-order valence-corrected chi connectivity index (χ0v) is 9.18. The summed E-state index contributed by atoms with van der Waals surface area (Å²) in [6.07, 6.45) is 8.01. The van der Waals surface area contributed by atoms with Gasteiger partial charge >= 0.3 is 0 Å². The molecule has 0 rings (SSSR count). The summed E-state index contributed by atoms with van der Waals surface area (Å²) in [6.45, 7) is 4.02. The van der Waals surface area contributed by atoms with Gasteiger partial charge in [-0.05, 0) is 26.3 Å². The van der Waals surface area contributed by atoms with Crippen molar-refractivity contribution >= 4 is 5.91 Å². The van der Waals surface area contributed by atoms with E-state index >= 15 is 0 Å². The average molecular weight is 196 g/mol. The van der Waals surface area contributed by atoms with Crippen LogP contribution in [0.5, 0.6) is 0 Å². The van der Waals surface area contributed by atoms with E-state index in [1.54, 1.807) is 4.90 Å². The molecule has 80 valence electrons. The topological polar surface area (TPSA) is 32.3 Å². The Bertz CT molecular complexity index is 196. The zero-order chi connectivity index (χ0) is 10.8. The molecule has 1 N–H and O–H groups in total. The van der Waals surface area contributed by atoms with E-state index in [4.69, 9.17) is 6.42 Å². The third-order valence-electron chi connectivity index (χ3n) is 2.10. The molecular formula is C11H20N2O. The van der Waals surface area contributed by atoms with E-state index in [1.807, 2.05) is 14.0 Å². The highest BCUT2D eigenvalue weighted by molar-refractivity contribution is 5.77. The molecule has 3 heteroatoms. The minimum atomic E-state index is 0.143. The van der Waals surface area contributed by atoms with Crippen LogP contribution in [0.2, 0.25) is 0 Å². The Hall–Kier alpha value is -1.01. The molecule has 1 amide bonds. The lowest BCUT2D eigenvalue weighted by Crippen LogP contribution is -2.35. The number of likely N-dealkylation sites (N-methyl/N-ethyl adjacent to an activating group) is 1. The summed E-state index contributed by atoms with van der Waals surface area (Å²) in [7, 11) is 1.81. The number of carbonyl (C=O) groups is 1. The van der Waals surface area contributed by atoms with Crippen molar-refractivity contribution < 1.29 is 4.79 Å². The highest BCUT2D eigenvalue weighted by Gasteiger charge is 2.04. The number of hydrogen-bond acceptors (Lipinski definition) is 2. The number of unbranched alkanes of at least 4 members (excludes halogenated alkanes) is 2. The van der Waals surface area contributed by atoms with Gasteiger partial charge in [-0.2, -0.15) is 0 Å². The van der Waals surface area contributed by atoms with Crippen LogP contribution in [-0.4, -0.2) is 37.5 Å². The van der Waals surface area contributed by atoms with Crippen LogP contribution in [0.3, 0.4) is 0 Å². The molecule has 0 atom stereocenters. The molecule has 0 saturated heterocycles. The Morgan fingerprint density at radius 3 is 2.79 bits per heavy atom. The second-order valence-electron chi connectivity index (χ2n) is 3.25. The lowest BCUT2D eigenvalue weighted by molar-refractivity contribution is -0.128. The van der Waals surface area contributed by atoms with Gasteiger partial charge in [0.05, 0.1) is 6.54 Å². The van der Waals surface area contributed by atoms with Gasteiger partial charge < -0.3 is 10.2 Å². The molecule has 0 bridgehead atoms. The summed E-state index contributed by atoms with van der Waals surface area (Å²) in [4.78, 5) is 13.0. The third kappa shape index (κ3) is 6.50. The number of nitrogens with one attached hydrogen (secondary N) is 1. The van der Waals surface area contributed by atoms with E-state index in [1.165, 1.54) is 0 Å². The number of nitrogens with zero attached hydrogens (tertiary/aromatic N) is 1. The first-order valence-electron chi connectivity index (χ1n) is 5.10. The van der Waals surface area contributed by atoms with Gasteiger partial charge in [0.25, 0.3) is 0 Å². The van der Waals surface area contributed by atoms with Crippen molar-refractivity contribution in [1.82, 2.24) is 10.2 Å². The summed E-state index contributed by atoms with van der Waals surface area (Å²) in [5.41, 5.74) is 0. The Labute approximate surface area is 86.9 Å². The van der Waals surface area contributed by atoms with Crippen LogP contribution in [0.25, 0.3) is 0 Å². The van der Waals surface area contributed by atoms with Crippen LogP contribution in [0.1, 0.15) is 26.2 Å². The molecule has 0 spiro atoms. The first-order chi connectivity index (χ1) is 6.72. The van der Waals surface area contributed by atoms with Crippen molar-refractivity contribution in [3.63, 3.8) is 0 Å². The lowest BCUT2D eigenvalue weighted by atomic mass is 10.2. The fourth-order valence-electron chi connectivity index (χ4n) is 0.984. The molecule has 0 aliphatic rings. The van der Waals surface area contributed by atoms with Gasteiger partial charge in [-0.15, -0.1) is 12.3 Å². The fraction of sp³-hybridized carbons (Fsp3) is 0.727. The van der Waals surface area contributed by atoms with Crippen molar-refractivity contribution in [3.8, 4) is 12.3 Å². The second-order valence-corrected chi connectivity index (χ2v) is 3.25. The molecule has 0 radical (unpaired) electrons. The van der Waals surface area contributed by atoms with Gasteiger partial charge in [0, 0.05) is 20.0 Å². The average Bonchev–Trinajstić information content (AvgIpc) is 2.21. The molecule has 0 fully saturated rings. The van der Waals surface area contributed by atoms with Gasteiger partial charge in [-0.1, -0.05) is 0 Å². The fourth-order valence-corrected chi connectivity index (χ4v) is 0.984. The number of amides is 1. The number of terminal acetylenes is 1. The molecule has 0 unspecified atom stereocenters. The lowest BCUT2D eigenvalue weighted by Gasteiger charge is -2.14. The van der Waals surface area contributed by atoms with E-state index < -0.39 is 0 Å². The van der Waals surface area contributed by atoms with E-state index in [-0.39, 0.29) is 5.91 Å². The predicted molar refractivity (Wildman–Crippen MR) is 58.9 cm³/mol. The maximum absolute atomic E-state index is 11.3. The number of rotatable bonds is 7. The molecule has 0 heterocycles. The summed E-state index contributed by atoms with van der Waals surface area (Å²) in [5, 5.41) is 3.10. The Kier molecular flexibility index (Phi) is 7.96. The van der Waals surface area contributed by atoms with Gasteiger partial charge in [0.2, 0.25) is 5.91 Å². The Morgan fingerprint density at radius 1 is 1.50 bits per heavy atom. The molecule has 0 aromatic heterocycles. The van der Waals surface area contributed by atoms with Crippen LogP contribution < -0.4 is 5.32 Å². The maximum Gasteiger partial charge on any atom is 0.236 e. The van der Waals surface area contributed by atoms with Crippen molar-refractivity contribution in [2.24, 2.45) is 0 Å². The van der Waals surface area contributed by atoms with E-state index in [0.29, 0.717) is 6.54 Å². The Morgan fingerprint density at radius 2 is 2.21 bits per heavy atom. The summed E-state index contributed by atoms with van der Waals surface area (Å²) in [5.74, 6) is 2.73. The largest absolute Gasteiger partial charge is 0.345 e. The molecule has 0 aromatic carbocycles. The van der Waals surface area contributed by atoms with E-state index in [9.17, 15) is 4.79 Å². The van der Waals surface area contributed by atoms with Crippen LogP contribution in [-0.2, 0) is 4.79 Å². The van der Waals surface area contributed by atoms with Crippen molar-refractivity contribution in [1.29, 1.82) is 0 Å². The zero-order valence-electron chi connectivity index (χ0n) is 9.18. The molecule has 0 aliphatic carbocycles. The molecule has 0 aromatic rings. The first kappa shape index (κ1) is 13.0. The summed E-state index contributed by atoms with van der Waals surface area (Å²) >= 11 is 0. The standard InChI is InChI=1S/C11H20N2O/c1-4-6-7-8-9-12-10-11(14)13(3)5-2/h1,12H,5-10H2,2-3H3. The van der Waals surface area contributed by atoms with E-state index in [2.05, 4.69) is 11.2 Å². The van der Waals surface area contributed by atoms with Crippen molar-refractivity contribution in [3.05, 3.63) is 0 Å². The van der Waals surface area contributed by atoms with Crippen LogP contribution in [0.4, 0.5) is 0 Å². The van der Waals surface area contributed by atoms with Gasteiger partial charge in [0.1, 0.15) is 0 Å². The first-order valence-corrected chi connectivity index (χ1v) is 5.10. The van der Waals surface area contributed by atoms with Gasteiger partial charge in [-0.3, -0.25) is 4.79 Å². The summed E-state index contributed by atoms with van der Waals surface area (Å²) in [6, 6.07) is 0. The van der Waals surface area contributed by atoms with Crippen LogP contribution >= 0.6 is 0 Å². The number of hydrogen-bond donors (Lipinski definition) is 1. The Balaban J connectivity index is 3.28. The van der Waals surface area contributed by atoms with Gasteiger partial charge in [0.15, 0.2) is 0 Å². The SMILES string of the molecule is C#CCCCCNCC(=O)N(C)CC. The predicted octanol–water partition coefficient (Wildman–Crippen LogP) is 0.858.